The van der Waals surface area contributed by atoms with Crippen LogP contribution in [-0.2, 0) is 19.1 Å². The minimum atomic E-state index is -0.503. The van der Waals surface area contributed by atoms with Gasteiger partial charge >= 0.3 is 11.9 Å². The molecule has 1 aliphatic carbocycles. The number of esters is 2. The van der Waals surface area contributed by atoms with Gasteiger partial charge in [0.2, 0.25) is 0 Å². The van der Waals surface area contributed by atoms with Crippen molar-refractivity contribution in [3.63, 3.8) is 0 Å². The predicted molar refractivity (Wildman–Crippen MR) is 66.7 cm³/mol. The van der Waals surface area contributed by atoms with Gasteiger partial charge in [0.25, 0.3) is 0 Å². The topological polar surface area (TPSA) is 78.6 Å². The molecule has 0 radical (unpaired) electrons. The molecule has 5 nitrogen and oxygen atoms in total. The summed E-state index contributed by atoms with van der Waals surface area (Å²) in [5.41, 5.74) is 5.39. The van der Waals surface area contributed by atoms with Gasteiger partial charge in [0.15, 0.2) is 0 Å². The highest BCUT2D eigenvalue weighted by atomic mass is 16.6. The van der Waals surface area contributed by atoms with E-state index >= 15 is 0 Å². The maximum Gasteiger partial charge on any atom is 0.310 e. The first-order valence-corrected chi connectivity index (χ1v) is 6.31. The van der Waals surface area contributed by atoms with Crippen molar-refractivity contribution in [2.75, 3.05) is 7.11 Å². The van der Waals surface area contributed by atoms with E-state index in [4.69, 9.17) is 15.2 Å². The molecule has 1 saturated carbocycles. The van der Waals surface area contributed by atoms with Crippen molar-refractivity contribution < 1.29 is 19.1 Å². The molecule has 104 valence electrons. The monoisotopic (exact) mass is 257 g/mol. The van der Waals surface area contributed by atoms with Gasteiger partial charge in [-0.25, -0.2) is 0 Å². The molecular weight excluding hydrogens is 234 g/mol. The van der Waals surface area contributed by atoms with Gasteiger partial charge < -0.3 is 15.2 Å². The second-order valence-electron chi connectivity index (χ2n) is 5.84. The van der Waals surface area contributed by atoms with Crippen LogP contribution in [0.4, 0.5) is 0 Å². The molecule has 3 unspecified atom stereocenters. The Labute approximate surface area is 108 Å². The average molecular weight is 257 g/mol. The van der Waals surface area contributed by atoms with Crippen LogP contribution >= 0.6 is 0 Å². The summed E-state index contributed by atoms with van der Waals surface area (Å²) < 4.78 is 10.1. The van der Waals surface area contributed by atoms with E-state index in [1.165, 1.54) is 7.11 Å². The number of methoxy groups -OCH3 is 1. The van der Waals surface area contributed by atoms with E-state index in [-0.39, 0.29) is 23.9 Å². The fourth-order valence-electron chi connectivity index (χ4n) is 2.22. The van der Waals surface area contributed by atoms with Crippen LogP contribution in [0.15, 0.2) is 0 Å². The van der Waals surface area contributed by atoms with Crippen molar-refractivity contribution >= 4 is 11.9 Å². The minimum Gasteiger partial charge on any atom is -0.469 e. The molecule has 2 N–H and O–H groups in total. The van der Waals surface area contributed by atoms with Crippen LogP contribution in [0.1, 0.15) is 40.0 Å². The van der Waals surface area contributed by atoms with Gasteiger partial charge in [-0.3, -0.25) is 9.59 Å². The minimum absolute atomic E-state index is 0.226. The first-order valence-electron chi connectivity index (χ1n) is 6.31. The van der Waals surface area contributed by atoms with E-state index in [1.54, 1.807) is 0 Å². The molecule has 0 saturated heterocycles. The fourth-order valence-corrected chi connectivity index (χ4v) is 2.22. The number of hydrogen-bond acceptors (Lipinski definition) is 5. The van der Waals surface area contributed by atoms with Crippen molar-refractivity contribution in [3.8, 4) is 0 Å². The van der Waals surface area contributed by atoms with Gasteiger partial charge in [0, 0.05) is 6.04 Å². The highest BCUT2D eigenvalue weighted by Crippen LogP contribution is 2.31. The van der Waals surface area contributed by atoms with Crippen molar-refractivity contribution in [2.45, 2.75) is 51.7 Å². The summed E-state index contributed by atoms with van der Waals surface area (Å²) in [6.07, 6.45) is 1.73. The molecular formula is C13H23NO4. The quantitative estimate of drug-likeness (QED) is 0.753. The number of hydrogen-bond donors (Lipinski definition) is 1. The Bertz CT molecular complexity index is 321. The molecule has 0 aromatic heterocycles. The SMILES string of the molecule is COC(=O)C1CC(C(=O)OC(C)(C)C)CCC1N. The zero-order valence-electron chi connectivity index (χ0n) is 11.6. The number of nitrogens with two attached hydrogens (primary N) is 1. The molecule has 0 heterocycles. The summed E-state index contributed by atoms with van der Waals surface area (Å²) in [6, 6.07) is -0.226. The normalized spacial score (nSPS) is 28.6. The van der Waals surface area contributed by atoms with Crippen LogP contribution in [0.5, 0.6) is 0 Å². The number of ether oxygens (including phenoxy) is 2. The highest BCUT2D eigenvalue weighted by molar-refractivity contribution is 5.77. The van der Waals surface area contributed by atoms with Crippen molar-refractivity contribution in [1.29, 1.82) is 0 Å². The van der Waals surface area contributed by atoms with Gasteiger partial charge in [-0.1, -0.05) is 0 Å². The van der Waals surface area contributed by atoms with Crippen molar-refractivity contribution in [2.24, 2.45) is 17.6 Å². The molecule has 18 heavy (non-hydrogen) atoms. The molecule has 0 aromatic carbocycles. The van der Waals surface area contributed by atoms with Crippen molar-refractivity contribution in [1.82, 2.24) is 0 Å². The third kappa shape index (κ3) is 3.98. The average Bonchev–Trinajstić information content (AvgIpc) is 2.26. The van der Waals surface area contributed by atoms with Gasteiger partial charge in [0.05, 0.1) is 18.9 Å². The van der Waals surface area contributed by atoms with E-state index in [0.29, 0.717) is 19.3 Å². The Balaban J connectivity index is 2.64. The van der Waals surface area contributed by atoms with Crippen LogP contribution < -0.4 is 5.73 Å². The van der Waals surface area contributed by atoms with Gasteiger partial charge in [0.1, 0.15) is 5.60 Å². The molecule has 1 aliphatic rings. The molecule has 3 atom stereocenters. The lowest BCUT2D eigenvalue weighted by molar-refractivity contribution is -0.163. The highest BCUT2D eigenvalue weighted by Gasteiger charge is 2.38. The molecule has 0 aromatic rings. The summed E-state index contributed by atoms with van der Waals surface area (Å²) in [5, 5.41) is 0. The standard InChI is InChI=1S/C13H23NO4/c1-13(2,3)18-11(15)8-5-6-10(14)9(7-8)12(16)17-4/h8-10H,5-7,14H2,1-4H3. The van der Waals surface area contributed by atoms with E-state index in [0.717, 1.165) is 0 Å². The van der Waals surface area contributed by atoms with E-state index in [1.807, 2.05) is 20.8 Å². The zero-order valence-corrected chi connectivity index (χ0v) is 11.6. The predicted octanol–water partition coefficient (Wildman–Crippen LogP) is 1.24. The largest absolute Gasteiger partial charge is 0.469 e. The second kappa shape index (κ2) is 5.69. The number of carbonyl (C=O) groups is 2. The zero-order chi connectivity index (χ0) is 13.9. The maximum atomic E-state index is 12.0. The van der Waals surface area contributed by atoms with E-state index < -0.39 is 11.5 Å². The number of rotatable bonds is 2. The fraction of sp³-hybridized carbons (Fsp3) is 0.846. The van der Waals surface area contributed by atoms with Gasteiger partial charge in [-0.2, -0.15) is 0 Å². The van der Waals surface area contributed by atoms with Gasteiger partial charge in [-0.15, -0.1) is 0 Å². The Morgan fingerprint density at radius 2 is 1.78 bits per heavy atom. The summed E-state index contributed by atoms with van der Waals surface area (Å²) >= 11 is 0. The lowest BCUT2D eigenvalue weighted by Crippen LogP contribution is -2.43. The smallest absolute Gasteiger partial charge is 0.310 e. The lowest BCUT2D eigenvalue weighted by atomic mass is 9.78. The lowest BCUT2D eigenvalue weighted by Gasteiger charge is -2.32. The molecule has 0 spiro atoms. The van der Waals surface area contributed by atoms with Crippen LogP contribution in [0.25, 0.3) is 0 Å². The second-order valence-corrected chi connectivity index (χ2v) is 5.84. The maximum absolute atomic E-state index is 12.0. The molecule has 5 heteroatoms. The van der Waals surface area contributed by atoms with E-state index in [2.05, 4.69) is 0 Å². The Kier molecular flexibility index (Phi) is 4.73. The van der Waals surface area contributed by atoms with Crippen LogP contribution in [-0.4, -0.2) is 30.7 Å². The Morgan fingerprint density at radius 3 is 2.28 bits per heavy atom. The van der Waals surface area contributed by atoms with Crippen LogP contribution in [0.3, 0.4) is 0 Å². The van der Waals surface area contributed by atoms with E-state index in [9.17, 15) is 9.59 Å². The number of carbonyl (C=O) groups excluding carboxylic acids is 2. The van der Waals surface area contributed by atoms with Crippen LogP contribution in [0, 0.1) is 11.8 Å². The summed E-state index contributed by atoms with van der Waals surface area (Å²) in [4.78, 5) is 23.5. The summed E-state index contributed by atoms with van der Waals surface area (Å²) in [6.45, 7) is 5.49. The summed E-state index contributed by atoms with van der Waals surface area (Å²) in [7, 11) is 1.34. The first-order chi connectivity index (χ1) is 8.24. The molecule has 1 fully saturated rings. The molecule has 1 rings (SSSR count). The van der Waals surface area contributed by atoms with Crippen molar-refractivity contribution in [3.05, 3.63) is 0 Å². The van der Waals surface area contributed by atoms with Gasteiger partial charge in [-0.05, 0) is 40.0 Å². The molecule has 0 amide bonds. The Morgan fingerprint density at radius 1 is 1.17 bits per heavy atom. The third-order valence-corrected chi connectivity index (χ3v) is 3.15. The molecule has 0 aliphatic heterocycles. The summed E-state index contributed by atoms with van der Waals surface area (Å²) in [5.74, 6) is -1.24. The Hall–Kier alpha value is -1.10. The van der Waals surface area contributed by atoms with Crippen LogP contribution in [0.2, 0.25) is 0 Å². The molecule has 0 bridgehead atoms. The third-order valence-electron chi connectivity index (χ3n) is 3.15. The first kappa shape index (κ1) is 15.0.